The molecule has 9 heteroatoms. The molecule has 0 aliphatic rings. The Morgan fingerprint density at radius 2 is 1.79 bits per heavy atom. The number of hydrogen-bond acceptors (Lipinski definition) is 3. The van der Waals surface area contributed by atoms with Gasteiger partial charge in [0.05, 0.1) is 22.9 Å². The van der Waals surface area contributed by atoms with E-state index in [9.17, 15) is 9.59 Å². The van der Waals surface area contributed by atoms with Crippen LogP contribution in [0.1, 0.15) is 42.4 Å². The van der Waals surface area contributed by atoms with Crippen molar-refractivity contribution >= 4 is 35.1 Å². The zero-order valence-electron chi connectivity index (χ0n) is 19.3. The van der Waals surface area contributed by atoms with Crippen molar-refractivity contribution in [2.24, 2.45) is 5.73 Å². The third-order valence-corrected chi connectivity index (χ3v) is 5.26. The van der Waals surface area contributed by atoms with E-state index in [1.165, 1.54) is 0 Å². The highest BCUT2D eigenvalue weighted by Crippen LogP contribution is 2.32. The van der Waals surface area contributed by atoms with E-state index in [-0.39, 0.29) is 12.5 Å². The summed E-state index contributed by atoms with van der Waals surface area (Å²) in [6.45, 7) is 7.71. The Morgan fingerprint density at radius 1 is 1.12 bits per heavy atom. The first kappa shape index (κ1) is 25.2. The van der Waals surface area contributed by atoms with Gasteiger partial charge in [-0.3, -0.25) is 4.79 Å². The summed E-state index contributed by atoms with van der Waals surface area (Å²) in [7, 11) is 0. The first-order valence-electron chi connectivity index (χ1n) is 10.5. The number of aromatic nitrogens is 2. The summed E-state index contributed by atoms with van der Waals surface area (Å²) in [4.78, 5) is 23.8. The molecule has 7 nitrogen and oxygen atoms in total. The van der Waals surface area contributed by atoms with E-state index in [1.54, 1.807) is 35.0 Å². The smallest absolute Gasteiger partial charge is 0.312 e. The quantitative estimate of drug-likeness (QED) is 0.455. The Balaban J connectivity index is 2.09. The van der Waals surface area contributed by atoms with Gasteiger partial charge in [0.25, 0.3) is 5.91 Å². The van der Waals surface area contributed by atoms with Crippen molar-refractivity contribution in [3.63, 3.8) is 0 Å². The van der Waals surface area contributed by atoms with Crippen LogP contribution in [0, 0.1) is 18.8 Å². The maximum absolute atomic E-state index is 13.0. The first-order valence-corrected chi connectivity index (χ1v) is 11.2. The average molecular weight is 498 g/mol. The van der Waals surface area contributed by atoms with E-state index < -0.39 is 11.6 Å². The van der Waals surface area contributed by atoms with Crippen LogP contribution in [0.15, 0.2) is 42.5 Å². The molecule has 0 saturated carbocycles. The molecule has 34 heavy (non-hydrogen) atoms. The standard InChI is InChI=1S/C25H25Cl2N5O2/c1-15-21(23(33)30-25(2,3)4)31-32(22(15)17-8-10-18(26)11-9-17)20-12-7-16(14-19(20)27)6-5-13-29-24(28)34/h7-12,14H,13H2,1-4H3,(H,30,33)(H3,28,29,34). The van der Waals surface area contributed by atoms with E-state index >= 15 is 0 Å². The fourth-order valence-corrected chi connectivity index (χ4v) is 3.65. The first-order chi connectivity index (χ1) is 16.0. The normalized spacial score (nSPS) is 10.9. The number of benzene rings is 2. The van der Waals surface area contributed by atoms with E-state index in [0.717, 1.165) is 11.3 Å². The van der Waals surface area contributed by atoms with Crippen LogP contribution in [-0.2, 0) is 0 Å². The van der Waals surface area contributed by atoms with Crippen LogP contribution in [0.5, 0.6) is 0 Å². The van der Waals surface area contributed by atoms with Gasteiger partial charge in [-0.2, -0.15) is 5.10 Å². The topological polar surface area (TPSA) is 102 Å². The molecule has 0 aliphatic heterocycles. The number of urea groups is 1. The molecule has 1 aromatic heterocycles. The van der Waals surface area contributed by atoms with Gasteiger partial charge in [0.2, 0.25) is 0 Å². The maximum Gasteiger partial charge on any atom is 0.312 e. The second-order valence-corrected chi connectivity index (χ2v) is 9.47. The molecular weight excluding hydrogens is 473 g/mol. The molecule has 1 heterocycles. The number of nitrogens with one attached hydrogen (secondary N) is 2. The minimum Gasteiger partial charge on any atom is -0.352 e. The monoisotopic (exact) mass is 497 g/mol. The number of rotatable bonds is 4. The number of carbonyl (C=O) groups is 2. The number of hydrogen-bond donors (Lipinski definition) is 3. The molecule has 0 unspecified atom stereocenters. The van der Waals surface area contributed by atoms with Gasteiger partial charge >= 0.3 is 6.03 Å². The molecule has 0 radical (unpaired) electrons. The van der Waals surface area contributed by atoms with E-state index in [1.807, 2.05) is 39.8 Å². The summed E-state index contributed by atoms with van der Waals surface area (Å²) in [5.41, 5.74) is 8.43. The molecule has 0 spiro atoms. The largest absolute Gasteiger partial charge is 0.352 e. The predicted octanol–water partition coefficient (Wildman–Crippen LogP) is 4.70. The summed E-state index contributed by atoms with van der Waals surface area (Å²) in [5, 5.41) is 11.0. The average Bonchev–Trinajstić information content (AvgIpc) is 3.07. The van der Waals surface area contributed by atoms with Gasteiger partial charge in [0.15, 0.2) is 5.69 Å². The van der Waals surface area contributed by atoms with Crippen LogP contribution < -0.4 is 16.4 Å². The summed E-state index contributed by atoms with van der Waals surface area (Å²) >= 11 is 12.7. The highest BCUT2D eigenvalue weighted by atomic mass is 35.5. The van der Waals surface area contributed by atoms with E-state index in [0.29, 0.717) is 32.6 Å². The molecule has 0 fully saturated rings. The predicted molar refractivity (Wildman–Crippen MR) is 135 cm³/mol. The van der Waals surface area contributed by atoms with Crippen LogP contribution in [0.3, 0.4) is 0 Å². The van der Waals surface area contributed by atoms with E-state index in [2.05, 4.69) is 27.6 Å². The summed E-state index contributed by atoms with van der Waals surface area (Å²) in [6, 6.07) is 11.9. The highest BCUT2D eigenvalue weighted by Gasteiger charge is 2.25. The fourth-order valence-electron chi connectivity index (χ4n) is 3.27. The number of halogens is 2. The molecule has 4 N–H and O–H groups in total. The molecule has 0 atom stereocenters. The summed E-state index contributed by atoms with van der Waals surface area (Å²) < 4.78 is 1.66. The molecule has 3 amide bonds. The van der Waals surface area contributed by atoms with Gasteiger partial charge in [0, 0.05) is 27.3 Å². The lowest BCUT2D eigenvalue weighted by molar-refractivity contribution is 0.0913. The lowest BCUT2D eigenvalue weighted by atomic mass is 10.0. The Kier molecular flexibility index (Phi) is 7.55. The molecule has 176 valence electrons. The fraction of sp³-hybridized carbons (Fsp3) is 0.240. The highest BCUT2D eigenvalue weighted by molar-refractivity contribution is 6.32. The zero-order chi connectivity index (χ0) is 25.0. The van der Waals surface area contributed by atoms with Crippen LogP contribution in [0.2, 0.25) is 10.0 Å². The molecular formula is C25H25Cl2N5O2. The van der Waals surface area contributed by atoms with Crippen molar-refractivity contribution in [2.45, 2.75) is 33.2 Å². The third-order valence-electron chi connectivity index (χ3n) is 4.70. The van der Waals surface area contributed by atoms with Gasteiger partial charge in [-0.15, -0.1) is 0 Å². The van der Waals surface area contributed by atoms with Crippen LogP contribution >= 0.6 is 23.2 Å². The summed E-state index contributed by atoms with van der Waals surface area (Å²) in [5.74, 6) is 5.44. The minimum absolute atomic E-state index is 0.125. The Bertz CT molecular complexity index is 1300. The minimum atomic E-state index is -0.641. The number of amides is 3. The van der Waals surface area contributed by atoms with Gasteiger partial charge in [0.1, 0.15) is 0 Å². The van der Waals surface area contributed by atoms with Crippen molar-refractivity contribution in [3.05, 3.63) is 69.3 Å². The number of primary amides is 1. The van der Waals surface area contributed by atoms with Crippen LogP contribution in [0.4, 0.5) is 4.79 Å². The summed E-state index contributed by atoms with van der Waals surface area (Å²) in [6.07, 6.45) is 0. The molecule has 2 aromatic carbocycles. The molecule has 0 aliphatic carbocycles. The Labute approximate surface area is 208 Å². The molecule has 3 aromatic rings. The van der Waals surface area contributed by atoms with Crippen molar-refractivity contribution < 1.29 is 9.59 Å². The molecule has 3 rings (SSSR count). The third kappa shape index (κ3) is 6.10. The zero-order valence-corrected chi connectivity index (χ0v) is 20.8. The molecule has 0 saturated heterocycles. The molecule has 0 bridgehead atoms. The second-order valence-electron chi connectivity index (χ2n) is 8.63. The lowest BCUT2D eigenvalue weighted by Crippen LogP contribution is -2.41. The SMILES string of the molecule is Cc1c(C(=O)NC(C)(C)C)nn(-c2ccc(C#CCNC(N)=O)cc2Cl)c1-c1ccc(Cl)cc1. The van der Waals surface area contributed by atoms with Gasteiger partial charge in [-0.05, 0) is 58.0 Å². The number of carbonyl (C=O) groups excluding carboxylic acids is 2. The van der Waals surface area contributed by atoms with Gasteiger partial charge < -0.3 is 16.4 Å². The maximum atomic E-state index is 13.0. The van der Waals surface area contributed by atoms with Crippen LogP contribution in [-0.4, -0.2) is 33.8 Å². The van der Waals surface area contributed by atoms with E-state index in [4.69, 9.17) is 28.9 Å². The lowest BCUT2D eigenvalue weighted by Gasteiger charge is -2.19. The Hall–Kier alpha value is -3.47. The van der Waals surface area contributed by atoms with Crippen molar-refractivity contribution in [1.29, 1.82) is 0 Å². The van der Waals surface area contributed by atoms with Crippen molar-refractivity contribution in [1.82, 2.24) is 20.4 Å². The van der Waals surface area contributed by atoms with Crippen molar-refractivity contribution in [2.75, 3.05) is 6.54 Å². The Morgan fingerprint density at radius 3 is 2.38 bits per heavy atom. The second kappa shape index (κ2) is 10.2. The van der Waals surface area contributed by atoms with Gasteiger partial charge in [-0.25, -0.2) is 9.48 Å². The van der Waals surface area contributed by atoms with Crippen LogP contribution in [0.25, 0.3) is 16.9 Å². The van der Waals surface area contributed by atoms with Gasteiger partial charge in [-0.1, -0.05) is 47.2 Å². The van der Waals surface area contributed by atoms with Crippen molar-refractivity contribution in [3.8, 4) is 28.8 Å². The number of nitrogens with two attached hydrogens (primary N) is 1. The number of nitrogens with zero attached hydrogens (tertiary/aromatic N) is 2.